The Balaban J connectivity index is 2.47. The van der Waals surface area contributed by atoms with E-state index in [-0.39, 0.29) is 23.7 Å². The Labute approximate surface area is 126 Å². The van der Waals surface area contributed by atoms with Crippen molar-refractivity contribution in [2.75, 3.05) is 38.7 Å². The van der Waals surface area contributed by atoms with Crippen LogP contribution in [0.2, 0.25) is 0 Å². The number of alkyl halides is 1. The zero-order chi connectivity index (χ0) is 15.0. The van der Waals surface area contributed by atoms with E-state index in [4.69, 9.17) is 16.3 Å². The van der Waals surface area contributed by atoms with Crippen LogP contribution in [0, 0.1) is 0 Å². The van der Waals surface area contributed by atoms with E-state index < -0.39 is 0 Å². The molecule has 5 nitrogen and oxygen atoms in total. The second-order valence-electron chi connectivity index (χ2n) is 5.01. The first-order valence-corrected chi connectivity index (χ1v) is 7.82. The molecule has 0 aromatic heterocycles. The summed E-state index contributed by atoms with van der Waals surface area (Å²) in [5.41, 5.74) is 0. The highest BCUT2D eigenvalue weighted by molar-refractivity contribution is 6.27. The molecule has 1 heterocycles. The fourth-order valence-electron chi connectivity index (χ4n) is 2.56. The van der Waals surface area contributed by atoms with Crippen LogP contribution in [0.5, 0.6) is 0 Å². The summed E-state index contributed by atoms with van der Waals surface area (Å²) in [6.45, 7) is 7.02. The monoisotopic (exact) mass is 304 g/mol. The van der Waals surface area contributed by atoms with Crippen molar-refractivity contribution in [2.24, 2.45) is 0 Å². The Hall–Kier alpha value is -0.810. The Morgan fingerprint density at radius 2 is 2.00 bits per heavy atom. The zero-order valence-electron chi connectivity index (χ0n) is 12.4. The van der Waals surface area contributed by atoms with Gasteiger partial charge in [0, 0.05) is 45.8 Å². The van der Waals surface area contributed by atoms with Gasteiger partial charge in [0.25, 0.3) is 0 Å². The molecule has 0 aromatic rings. The molecular formula is C14H25ClN2O3. The summed E-state index contributed by atoms with van der Waals surface area (Å²) < 4.78 is 5.31. The highest BCUT2D eigenvalue weighted by Gasteiger charge is 2.27. The van der Waals surface area contributed by atoms with Crippen LogP contribution in [0.1, 0.15) is 33.1 Å². The smallest absolute Gasteiger partial charge is 0.237 e. The molecule has 0 radical (unpaired) electrons. The molecule has 2 amide bonds. The molecule has 6 heteroatoms. The van der Waals surface area contributed by atoms with Crippen molar-refractivity contribution in [3.8, 4) is 0 Å². The summed E-state index contributed by atoms with van der Waals surface area (Å²) in [5.74, 6) is 0.0983. The molecule has 1 aliphatic rings. The maximum Gasteiger partial charge on any atom is 0.237 e. The van der Waals surface area contributed by atoms with Gasteiger partial charge in [-0.2, -0.15) is 0 Å². The van der Waals surface area contributed by atoms with Crippen molar-refractivity contribution >= 4 is 23.4 Å². The zero-order valence-corrected chi connectivity index (χ0v) is 13.2. The van der Waals surface area contributed by atoms with Crippen molar-refractivity contribution in [1.29, 1.82) is 0 Å². The summed E-state index contributed by atoms with van der Waals surface area (Å²) in [6, 6.07) is 0.193. The second-order valence-corrected chi connectivity index (χ2v) is 5.28. The molecule has 1 saturated heterocycles. The lowest BCUT2D eigenvalue weighted by Crippen LogP contribution is -2.49. The molecule has 1 aliphatic heterocycles. The summed E-state index contributed by atoms with van der Waals surface area (Å²) in [5, 5.41) is 0. The molecule has 0 unspecified atom stereocenters. The summed E-state index contributed by atoms with van der Waals surface area (Å²) in [4.78, 5) is 27.0. The van der Waals surface area contributed by atoms with Crippen LogP contribution in [0.25, 0.3) is 0 Å². The van der Waals surface area contributed by atoms with Crippen LogP contribution in [0.3, 0.4) is 0 Å². The minimum Gasteiger partial charge on any atom is -0.382 e. The molecule has 0 spiro atoms. The number of amides is 2. The van der Waals surface area contributed by atoms with Crippen LogP contribution in [-0.4, -0.2) is 66.4 Å². The first kappa shape index (κ1) is 17.2. The van der Waals surface area contributed by atoms with Gasteiger partial charge in [-0.15, -0.1) is 11.6 Å². The third-order valence-electron chi connectivity index (χ3n) is 3.68. The highest BCUT2D eigenvalue weighted by atomic mass is 35.5. The number of carbonyl (C=O) groups is 2. The van der Waals surface area contributed by atoms with Gasteiger partial charge in [0.15, 0.2) is 0 Å². The van der Waals surface area contributed by atoms with Crippen LogP contribution < -0.4 is 0 Å². The number of hydrogen-bond donors (Lipinski definition) is 0. The average Bonchev–Trinajstić information content (AvgIpc) is 2.47. The third-order valence-corrected chi connectivity index (χ3v) is 3.91. The van der Waals surface area contributed by atoms with E-state index in [0.717, 1.165) is 32.4 Å². The molecule has 0 saturated carbocycles. The number of rotatable bonds is 7. The molecule has 20 heavy (non-hydrogen) atoms. The van der Waals surface area contributed by atoms with Gasteiger partial charge in [-0.1, -0.05) is 0 Å². The summed E-state index contributed by atoms with van der Waals surface area (Å²) in [6.07, 6.45) is 2.48. The van der Waals surface area contributed by atoms with Crippen molar-refractivity contribution in [1.82, 2.24) is 9.80 Å². The van der Waals surface area contributed by atoms with Gasteiger partial charge in [0.05, 0.1) is 0 Å². The molecular weight excluding hydrogens is 280 g/mol. The number of nitrogens with zero attached hydrogens (tertiary/aromatic N) is 2. The minimum atomic E-state index is -0.0237. The first-order valence-electron chi connectivity index (χ1n) is 7.28. The maximum absolute atomic E-state index is 12.0. The largest absolute Gasteiger partial charge is 0.382 e. The Morgan fingerprint density at radius 1 is 1.35 bits per heavy atom. The lowest BCUT2D eigenvalue weighted by molar-refractivity contribution is -0.134. The van der Waals surface area contributed by atoms with Crippen LogP contribution >= 0.6 is 11.6 Å². The molecule has 1 fully saturated rings. The molecule has 0 N–H and O–H groups in total. The SMILES string of the molecule is CCOCCCN(C(=O)CCl)C1CCN(C(C)=O)CC1. The number of ether oxygens (including phenoxy) is 1. The molecule has 0 atom stereocenters. The van der Waals surface area contributed by atoms with E-state index in [9.17, 15) is 9.59 Å². The van der Waals surface area contributed by atoms with Gasteiger partial charge < -0.3 is 14.5 Å². The van der Waals surface area contributed by atoms with Crippen molar-refractivity contribution in [2.45, 2.75) is 39.2 Å². The number of carbonyl (C=O) groups excluding carboxylic acids is 2. The standard InChI is InChI=1S/C14H25ClN2O3/c1-3-20-10-4-7-17(14(19)11-15)13-5-8-16(9-6-13)12(2)18/h13H,3-11H2,1-2H3. The van der Waals surface area contributed by atoms with E-state index in [0.29, 0.717) is 19.8 Å². The lowest BCUT2D eigenvalue weighted by Gasteiger charge is -2.38. The molecule has 0 aromatic carbocycles. The van der Waals surface area contributed by atoms with E-state index in [1.54, 1.807) is 6.92 Å². The number of piperidine rings is 1. The maximum atomic E-state index is 12.0. The van der Waals surface area contributed by atoms with E-state index in [1.165, 1.54) is 0 Å². The number of likely N-dealkylation sites (tertiary alicyclic amines) is 1. The van der Waals surface area contributed by atoms with Gasteiger partial charge in [-0.3, -0.25) is 9.59 Å². The summed E-state index contributed by atoms with van der Waals surface area (Å²) >= 11 is 5.70. The topological polar surface area (TPSA) is 49.9 Å². The van der Waals surface area contributed by atoms with Crippen LogP contribution in [-0.2, 0) is 14.3 Å². The normalized spacial score (nSPS) is 16.2. The molecule has 0 aliphatic carbocycles. The highest BCUT2D eigenvalue weighted by Crippen LogP contribution is 2.17. The molecule has 0 bridgehead atoms. The predicted octanol–water partition coefficient (Wildman–Crippen LogP) is 1.49. The minimum absolute atomic E-state index is 0.0154. The van der Waals surface area contributed by atoms with Crippen molar-refractivity contribution in [3.05, 3.63) is 0 Å². The number of hydrogen-bond acceptors (Lipinski definition) is 3. The quantitative estimate of drug-likeness (QED) is 0.529. The molecule has 1 rings (SSSR count). The average molecular weight is 305 g/mol. The fraction of sp³-hybridized carbons (Fsp3) is 0.857. The number of halogens is 1. The Morgan fingerprint density at radius 3 is 2.50 bits per heavy atom. The van der Waals surface area contributed by atoms with Crippen molar-refractivity contribution < 1.29 is 14.3 Å². The van der Waals surface area contributed by atoms with E-state index in [1.807, 2.05) is 16.7 Å². The predicted molar refractivity (Wildman–Crippen MR) is 78.8 cm³/mol. The van der Waals surface area contributed by atoms with Gasteiger partial charge in [-0.05, 0) is 26.2 Å². The summed E-state index contributed by atoms with van der Waals surface area (Å²) in [7, 11) is 0. The lowest BCUT2D eigenvalue weighted by atomic mass is 10.0. The second kappa shape index (κ2) is 9.19. The molecule has 116 valence electrons. The van der Waals surface area contributed by atoms with Gasteiger partial charge in [0.2, 0.25) is 11.8 Å². The van der Waals surface area contributed by atoms with Gasteiger partial charge >= 0.3 is 0 Å². The van der Waals surface area contributed by atoms with Crippen LogP contribution in [0.15, 0.2) is 0 Å². The van der Waals surface area contributed by atoms with E-state index in [2.05, 4.69) is 0 Å². The Bertz CT molecular complexity index is 318. The Kier molecular flexibility index (Phi) is 7.92. The van der Waals surface area contributed by atoms with Crippen molar-refractivity contribution in [3.63, 3.8) is 0 Å². The van der Waals surface area contributed by atoms with Gasteiger partial charge in [-0.25, -0.2) is 0 Å². The third kappa shape index (κ3) is 5.29. The first-order chi connectivity index (χ1) is 9.60. The van der Waals surface area contributed by atoms with Gasteiger partial charge in [0.1, 0.15) is 5.88 Å². The van der Waals surface area contributed by atoms with E-state index >= 15 is 0 Å². The van der Waals surface area contributed by atoms with Crippen LogP contribution in [0.4, 0.5) is 0 Å². The fourth-order valence-corrected chi connectivity index (χ4v) is 2.71.